The second-order valence-electron chi connectivity index (χ2n) is 3.68. The maximum Gasteiger partial charge on any atom is 0.573 e. The highest BCUT2D eigenvalue weighted by Gasteiger charge is 2.32. The molecule has 0 radical (unpaired) electrons. The van der Waals surface area contributed by atoms with Crippen LogP contribution in [-0.2, 0) is 0 Å². The van der Waals surface area contributed by atoms with E-state index in [0.717, 1.165) is 0 Å². The van der Waals surface area contributed by atoms with Crippen molar-refractivity contribution in [1.82, 2.24) is 4.98 Å². The third-order valence-corrected chi connectivity index (χ3v) is 2.29. The van der Waals surface area contributed by atoms with E-state index in [2.05, 4.69) is 15.0 Å². The second kappa shape index (κ2) is 5.48. The van der Waals surface area contributed by atoms with Crippen molar-refractivity contribution in [2.24, 2.45) is 0 Å². The van der Waals surface area contributed by atoms with Gasteiger partial charge >= 0.3 is 6.36 Å². The van der Waals surface area contributed by atoms with Crippen LogP contribution in [0.15, 0.2) is 42.6 Å². The normalized spacial score (nSPS) is 10.7. The summed E-state index contributed by atoms with van der Waals surface area (Å²) in [5.74, 6) is -0.234. The zero-order valence-corrected chi connectivity index (χ0v) is 9.98. The minimum absolute atomic E-state index is 0.0695. The first-order valence-electron chi connectivity index (χ1n) is 5.46. The number of pyridine rings is 1. The topological polar surface area (TPSA) is 57.9 Å². The molecule has 0 fully saturated rings. The molecule has 0 unspecified atom stereocenters. The van der Waals surface area contributed by atoms with Crippen LogP contribution in [0.25, 0.3) is 0 Å². The van der Waals surface area contributed by atoms with Gasteiger partial charge in [-0.15, -0.1) is 13.2 Å². The van der Waals surface area contributed by atoms with E-state index in [1.165, 1.54) is 30.5 Å². The molecule has 0 aliphatic carbocycles. The van der Waals surface area contributed by atoms with Crippen molar-refractivity contribution < 1.29 is 17.9 Å². The van der Waals surface area contributed by atoms with E-state index < -0.39 is 12.1 Å². The van der Waals surface area contributed by atoms with Gasteiger partial charge in [-0.2, -0.15) is 5.26 Å². The van der Waals surface area contributed by atoms with E-state index in [1.807, 2.05) is 6.07 Å². The van der Waals surface area contributed by atoms with Gasteiger partial charge in [-0.25, -0.2) is 4.98 Å². The standard InChI is InChI=1S/C13H8F3N3O/c14-13(15,16)20-11-6-2-1-5-10(11)19-12-9(8-17)4-3-7-18-12/h1-7H,(H,18,19). The highest BCUT2D eigenvalue weighted by Crippen LogP contribution is 2.32. The number of nitrogens with one attached hydrogen (secondary N) is 1. The molecule has 102 valence electrons. The van der Waals surface area contributed by atoms with Gasteiger partial charge < -0.3 is 10.1 Å². The lowest BCUT2D eigenvalue weighted by Gasteiger charge is -2.14. The number of nitriles is 1. The number of anilines is 2. The lowest BCUT2D eigenvalue weighted by molar-refractivity contribution is -0.274. The van der Waals surface area contributed by atoms with Crippen LogP contribution in [0, 0.1) is 11.3 Å². The fraction of sp³-hybridized carbons (Fsp3) is 0.0769. The monoisotopic (exact) mass is 279 g/mol. The summed E-state index contributed by atoms with van der Waals surface area (Å²) in [6.45, 7) is 0. The van der Waals surface area contributed by atoms with E-state index in [9.17, 15) is 13.2 Å². The van der Waals surface area contributed by atoms with E-state index in [1.54, 1.807) is 12.1 Å². The fourth-order valence-electron chi connectivity index (χ4n) is 1.51. The summed E-state index contributed by atoms with van der Waals surface area (Å²) in [6, 6.07) is 10.5. The summed E-state index contributed by atoms with van der Waals surface area (Å²) in [5.41, 5.74) is 0.286. The number of alkyl halides is 3. The summed E-state index contributed by atoms with van der Waals surface area (Å²) >= 11 is 0. The van der Waals surface area contributed by atoms with E-state index in [4.69, 9.17) is 5.26 Å². The van der Waals surface area contributed by atoms with Gasteiger partial charge in [0.1, 0.15) is 11.9 Å². The van der Waals surface area contributed by atoms with Gasteiger partial charge in [-0.1, -0.05) is 12.1 Å². The largest absolute Gasteiger partial charge is 0.573 e. The van der Waals surface area contributed by atoms with E-state index in [-0.39, 0.29) is 17.1 Å². The molecule has 0 aliphatic rings. The van der Waals surface area contributed by atoms with Crippen LogP contribution in [-0.4, -0.2) is 11.3 Å². The second-order valence-corrected chi connectivity index (χ2v) is 3.68. The summed E-state index contributed by atoms with van der Waals surface area (Å²) in [4.78, 5) is 3.91. The first kappa shape index (κ1) is 13.7. The Kier molecular flexibility index (Phi) is 3.75. The van der Waals surface area contributed by atoms with Crippen molar-refractivity contribution in [2.75, 3.05) is 5.32 Å². The number of nitrogens with zero attached hydrogens (tertiary/aromatic N) is 2. The predicted octanol–water partition coefficient (Wildman–Crippen LogP) is 3.60. The molecule has 0 aliphatic heterocycles. The van der Waals surface area contributed by atoms with E-state index >= 15 is 0 Å². The van der Waals surface area contributed by atoms with Crippen LogP contribution in [0.2, 0.25) is 0 Å². The molecule has 4 nitrogen and oxygen atoms in total. The van der Waals surface area contributed by atoms with Gasteiger partial charge in [-0.05, 0) is 24.3 Å². The van der Waals surface area contributed by atoms with Crippen LogP contribution in [0.3, 0.4) is 0 Å². The highest BCUT2D eigenvalue weighted by atomic mass is 19.4. The molecule has 1 aromatic heterocycles. The predicted molar refractivity (Wildman–Crippen MR) is 65.4 cm³/mol. The zero-order chi connectivity index (χ0) is 14.6. The van der Waals surface area contributed by atoms with Crippen LogP contribution in [0.5, 0.6) is 5.75 Å². The Hall–Kier alpha value is -2.75. The van der Waals surface area contributed by atoms with E-state index in [0.29, 0.717) is 0 Å². The van der Waals surface area contributed by atoms with Gasteiger partial charge in [-0.3, -0.25) is 0 Å². The molecular formula is C13H8F3N3O. The summed E-state index contributed by atoms with van der Waals surface area (Å²) in [6.07, 6.45) is -3.36. The van der Waals surface area contributed by atoms with Gasteiger partial charge in [0, 0.05) is 6.20 Å². The third-order valence-electron chi connectivity index (χ3n) is 2.29. The fourth-order valence-corrected chi connectivity index (χ4v) is 1.51. The average Bonchev–Trinajstić information content (AvgIpc) is 2.40. The maximum absolute atomic E-state index is 12.3. The number of benzene rings is 1. The molecule has 1 heterocycles. The Labute approximate surface area is 112 Å². The van der Waals surface area contributed by atoms with Gasteiger partial charge in [0.05, 0.1) is 11.3 Å². The van der Waals surface area contributed by atoms with Crippen molar-refractivity contribution in [3.05, 3.63) is 48.2 Å². The van der Waals surface area contributed by atoms with Crippen molar-refractivity contribution in [3.63, 3.8) is 0 Å². The molecule has 1 N–H and O–H groups in total. The van der Waals surface area contributed by atoms with Crippen molar-refractivity contribution in [2.45, 2.75) is 6.36 Å². The van der Waals surface area contributed by atoms with Crippen molar-refractivity contribution >= 4 is 11.5 Å². The number of aromatic nitrogens is 1. The minimum Gasteiger partial charge on any atom is -0.404 e. The molecular weight excluding hydrogens is 271 g/mol. The average molecular weight is 279 g/mol. The quantitative estimate of drug-likeness (QED) is 0.932. The lowest BCUT2D eigenvalue weighted by Crippen LogP contribution is -2.18. The summed E-state index contributed by atoms with van der Waals surface area (Å²) in [5, 5.41) is 11.6. The van der Waals surface area contributed by atoms with Gasteiger partial charge in [0.25, 0.3) is 0 Å². The molecule has 20 heavy (non-hydrogen) atoms. The number of ether oxygens (including phenoxy) is 1. The molecule has 2 aromatic rings. The minimum atomic E-state index is -4.79. The molecule has 0 atom stereocenters. The smallest absolute Gasteiger partial charge is 0.404 e. The number of halogens is 3. The SMILES string of the molecule is N#Cc1cccnc1Nc1ccccc1OC(F)(F)F. The molecule has 0 saturated carbocycles. The Morgan fingerprint density at radius 1 is 1.15 bits per heavy atom. The molecule has 1 aromatic carbocycles. The third kappa shape index (κ3) is 3.38. The van der Waals surface area contributed by atoms with Crippen LogP contribution < -0.4 is 10.1 Å². The molecule has 7 heteroatoms. The summed E-state index contributed by atoms with van der Waals surface area (Å²) in [7, 11) is 0. The first-order valence-corrected chi connectivity index (χ1v) is 5.46. The number of rotatable bonds is 3. The number of hydrogen-bond acceptors (Lipinski definition) is 4. The molecule has 0 spiro atoms. The Morgan fingerprint density at radius 2 is 1.90 bits per heavy atom. The Bertz CT molecular complexity index is 650. The number of para-hydroxylation sites is 2. The van der Waals surface area contributed by atoms with Crippen LogP contribution in [0.1, 0.15) is 5.56 Å². The Morgan fingerprint density at radius 3 is 2.60 bits per heavy atom. The first-order chi connectivity index (χ1) is 9.49. The highest BCUT2D eigenvalue weighted by molar-refractivity contribution is 5.67. The van der Waals surface area contributed by atoms with Crippen LogP contribution >= 0.6 is 0 Å². The van der Waals surface area contributed by atoms with Crippen molar-refractivity contribution in [3.8, 4) is 11.8 Å². The van der Waals surface area contributed by atoms with Crippen molar-refractivity contribution in [1.29, 1.82) is 5.26 Å². The molecule has 2 rings (SSSR count). The van der Waals surface area contributed by atoms with Gasteiger partial charge in [0.15, 0.2) is 5.75 Å². The molecule has 0 amide bonds. The van der Waals surface area contributed by atoms with Crippen LogP contribution in [0.4, 0.5) is 24.7 Å². The van der Waals surface area contributed by atoms with Gasteiger partial charge in [0.2, 0.25) is 0 Å². The molecule has 0 saturated heterocycles. The Balaban J connectivity index is 2.32. The zero-order valence-electron chi connectivity index (χ0n) is 9.98. The molecule has 0 bridgehead atoms. The maximum atomic E-state index is 12.3. The summed E-state index contributed by atoms with van der Waals surface area (Å²) < 4.78 is 40.8. The number of hydrogen-bond donors (Lipinski definition) is 1. The lowest BCUT2D eigenvalue weighted by atomic mass is 10.2.